The van der Waals surface area contributed by atoms with Crippen molar-refractivity contribution in [1.82, 2.24) is 10.2 Å². The van der Waals surface area contributed by atoms with Crippen LogP contribution in [0.15, 0.2) is 77.1 Å². The van der Waals surface area contributed by atoms with Crippen molar-refractivity contribution in [2.45, 2.75) is 17.7 Å². The Morgan fingerprint density at radius 1 is 0.955 bits per heavy atom. The second kappa shape index (κ2) is 13.4. The Morgan fingerprint density at radius 2 is 1.73 bits per heavy atom. The third-order valence-corrected chi connectivity index (χ3v) is 9.52. The van der Waals surface area contributed by atoms with Gasteiger partial charge in [-0.05, 0) is 73.0 Å². The molecular weight excluding hydrogens is 621 g/mol. The Kier molecular flexibility index (Phi) is 8.96. The Morgan fingerprint density at radius 3 is 2.52 bits per heavy atom. The van der Waals surface area contributed by atoms with Crippen LogP contribution in [0.3, 0.4) is 0 Å². The highest BCUT2D eigenvalue weighted by Gasteiger charge is 2.25. The number of rotatable bonds is 11. The molecular formula is C31H26N4O6S3. The van der Waals surface area contributed by atoms with E-state index in [-0.39, 0.29) is 18.5 Å². The van der Waals surface area contributed by atoms with Crippen LogP contribution in [0.2, 0.25) is 0 Å². The zero-order chi connectivity index (χ0) is 30.5. The summed E-state index contributed by atoms with van der Waals surface area (Å²) in [4.78, 5) is 26.7. The van der Waals surface area contributed by atoms with Gasteiger partial charge < -0.3 is 29.6 Å². The van der Waals surface area contributed by atoms with Crippen LogP contribution in [0.1, 0.15) is 26.4 Å². The van der Waals surface area contributed by atoms with Crippen LogP contribution in [-0.4, -0.2) is 41.7 Å². The predicted octanol–water partition coefficient (Wildman–Crippen LogP) is 7.28. The minimum absolute atomic E-state index is 0.0925. The van der Waals surface area contributed by atoms with Gasteiger partial charge in [0.05, 0.1) is 18.4 Å². The number of nitrogens with one attached hydrogen (secondary N) is 2. The Hall–Kier alpha value is -4.59. The number of thiophene rings is 1. The Labute approximate surface area is 265 Å². The molecule has 0 aliphatic carbocycles. The summed E-state index contributed by atoms with van der Waals surface area (Å²) in [5, 5.41) is 15.5. The lowest BCUT2D eigenvalue weighted by atomic mass is 10.0. The molecule has 0 spiro atoms. The first-order chi connectivity index (χ1) is 21.4. The van der Waals surface area contributed by atoms with Crippen molar-refractivity contribution in [2.75, 3.05) is 30.3 Å². The van der Waals surface area contributed by atoms with Crippen LogP contribution in [-0.2, 0) is 16.0 Å². The smallest absolute Gasteiger partial charge is 0.341 e. The first-order valence-corrected chi connectivity index (χ1v) is 16.0. The van der Waals surface area contributed by atoms with Gasteiger partial charge in [0, 0.05) is 10.6 Å². The van der Waals surface area contributed by atoms with Crippen molar-refractivity contribution < 1.29 is 28.5 Å². The number of para-hydroxylation sites is 1. The van der Waals surface area contributed by atoms with Gasteiger partial charge in [0.25, 0.3) is 0 Å². The number of hydrogen-bond acceptors (Lipinski definition) is 12. The van der Waals surface area contributed by atoms with Gasteiger partial charge in [-0.25, -0.2) is 4.79 Å². The minimum atomic E-state index is -0.507. The molecule has 1 aliphatic heterocycles. The molecule has 3 heterocycles. The number of fused-ring (bicyclic) bond motifs is 1. The van der Waals surface area contributed by atoms with Crippen molar-refractivity contribution in [3.05, 3.63) is 94.4 Å². The Bertz CT molecular complexity index is 1790. The van der Waals surface area contributed by atoms with Crippen LogP contribution >= 0.6 is 34.4 Å². The molecule has 44 heavy (non-hydrogen) atoms. The maximum Gasteiger partial charge on any atom is 0.341 e. The van der Waals surface area contributed by atoms with Crippen molar-refractivity contribution >= 4 is 62.1 Å². The summed E-state index contributed by atoms with van der Waals surface area (Å²) in [7, 11) is 1.33. The second-order valence-electron chi connectivity index (χ2n) is 9.47. The lowest BCUT2D eigenvalue weighted by molar-refractivity contribution is -0.113. The van der Waals surface area contributed by atoms with Crippen molar-refractivity contribution in [3.63, 3.8) is 0 Å². The number of aromatic nitrogens is 2. The summed E-state index contributed by atoms with van der Waals surface area (Å²) >= 11 is 3.95. The molecule has 0 atom stereocenters. The van der Waals surface area contributed by atoms with E-state index in [0.29, 0.717) is 38.0 Å². The number of hydrogen-bond donors (Lipinski definition) is 2. The third kappa shape index (κ3) is 6.96. The number of ether oxygens (including phenoxy) is 4. The molecule has 1 amide bonds. The molecule has 6 rings (SSSR count). The van der Waals surface area contributed by atoms with Crippen LogP contribution in [0.25, 0.3) is 0 Å². The molecule has 0 saturated heterocycles. The molecule has 1 aliphatic rings. The second-order valence-corrected chi connectivity index (χ2v) is 12.9. The summed E-state index contributed by atoms with van der Waals surface area (Å²) in [6.45, 7) is 2.11. The number of nitrogens with zero attached hydrogens (tertiary/aromatic N) is 2. The van der Waals surface area contributed by atoms with Gasteiger partial charge in [-0.15, -0.1) is 21.5 Å². The van der Waals surface area contributed by atoms with E-state index >= 15 is 0 Å². The maximum absolute atomic E-state index is 12.9. The zero-order valence-electron chi connectivity index (χ0n) is 23.6. The summed E-state index contributed by atoms with van der Waals surface area (Å²) < 4.78 is 22.4. The third-order valence-electron chi connectivity index (χ3n) is 6.49. The zero-order valence-corrected chi connectivity index (χ0v) is 26.1. The minimum Gasteiger partial charge on any atom is -0.465 e. The SMILES string of the molecule is COC(=O)c1c(NC(=O)CSc2nnc(Nc3ccc(Oc4ccccc4)cc3)s2)sc(C)c1Cc1ccc2c(c1)OCO2. The molecule has 13 heteroatoms. The molecule has 2 aromatic heterocycles. The molecule has 0 bridgehead atoms. The van der Waals surface area contributed by atoms with Crippen LogP contribution in [0, 0.1) is 6.92 Å². The lowest BCUT2D eigenvalue weighted by Crippen LogP contribution is -2.16. The first kappa shape index (κ1) is 29.5. The number of aryl methyl sites for hydroxylation is 1. The van der Waals surface area contributed by atoms with E-state index in [1.165, 1.54) is 41.5 Å². The van der Waals surface area contributed by atoms with E-state index in [1.807, 2.05) is 79.7 Å². The number of thioether (sulfide) groups is 1. The van der Waals surface area contributed by atoms with Gasteiger partial charge >= 0.3 is 5.97 Å². The van der Waals surface area contributed by atoms with E-state index in [0.717, 1.165) is 33.2 Å². The quantitative estimate of drug-likeness (QED) is 0.112. The number of methoxy groups -OCH3 is 1. The van der Waals surface area contributed by atoms with Crippen LogP contribution in [0.4, 0.5) is 15.8 Å². The number of anilines is 3. The maximum atomic E-state index is 12.9. The highest BCUT2D eigenvalue weighted by Crippen LogP contribution is 2.38. The first-order valence-electron chi connectivity index (χ1n) is 13.4. The van der Waals surface area contributed by atoms with E-state index in [2.05, 4.69) is 20.8 Å². The standard InChI is InChI=1S/C31H26N4O6S3/c1-18-23(14-19-8-13-24-25(15-19)40-17-39-24)27(29(37)38-2)28(43-18)33-26(36)16-42-31-35-34-30(44-31)32-20-9-11-22(12-10-20)41-21-6-4-3-5-7-21/h3-13,15H,14,16-17H2,1-2H3,(H,32,34)(H,33,36). The average molecular weight is 647 g/mol. The topological polar surface area (TPSA) is 121 Å². The van der Waals surface area contributed by atoms with E-state index in [1.54, 1.807) is 0 Å². The van der Waals surface area contributed by atoms with Gasteiger partial charge in [0.2, 0.25) is 17.8 Å². The van der Waals surface area contributed by atoms with Crippen LogP contribution in [0.5, 0.6) is 23.0 Å². The molecule has 224 valence electrons. The number of esters is 1. The Balaban J connectivity index is 1.06. The van der Waals surface area contributed by atoms with Crippen molar-refractivity contribution in [1.29, 1.82) is 0 Å². The fourth-order valence-electron chi connectivity index (χ4n) is 4.42. The van der Waals surface area contributed by atoms with Gasteiger partial charge in [0.15, 0.2) is 15.8 Å². The molecule has 10 nitrogen and oxygen atoms in total. The summed E-state index contributed by atoms with van der Waals surface area (Å²) in [6.07, 6.45) is 0.470. The summed E-state index contributed by atoms with van der Waals surface area (Å²) in [5.41, 5.74) is 2.93. The normalized spacial score (nSPS) is 11.7. The summed E-state index contributed by atoms with van der Waals surface area (Å²) in [6, 6.07) is 22.8. The van der Waals surface area contributed by atoms with E-state index in [9.17, 15) is 9.59 Å². The molecule has 5 aromatic rings. The molecule has 0 saturated carbocycles. The fraction of sp³-hybridized carbons (Fsp3) is 0.161. The number of carbonyl (C=O) groups is 2. The predicted molar refractivity (Wildman–Crippen MR) is 171 cm³/mol. The highest BCUT2D eigenvalue weighted by atomic mass is 32.2. The van der Waals surface area contributed by atoms with Crippen molar-refractivity contribution in [3.8, 4) is 23.0 Å². The number of carbonyl (C=O) groups excluding carboxylic acids is 2. The van der Waals surface area contributed by atoms with E-state index in [4.69, 9.17) is 18.9 Å². The summed E-state index contributed by atoms with van der Waals surface area (Å²) in [5.74, 6) is 2.16. The highest BCUT2D eigenvalue weighted by molar-refractivity contribution is 8.01. The number of amides is 1. The monoisotopic (exact) mass is 646 g/mol. The molecule has 0 unspecified atom stereocenters. The fourth-order valence-corrected chi connectivity index (χ4v) is 7.06. The van der Waals surface area contributed by atoms with E-state index < -0.39 is 5.97 Å². The lowest BCUT2D eigenvalue weighted by Gasteiger charge is -2.08. The van der Waals surface area contributed by atoms with Gasteiger partial charge in [-0.3, -0.25) is 4.79 Å². The van der Waals surface area contributed by atoms with Crippen LogP contribution < -0.4 is 24.8 Å². The molecule has 2 N–H and O–H groups in total. The van der Waals surface area contributed by atoms with Gasteiger partial charge in [-0.2, -0.15) is 0 Å². The average Bonchev–Trinajstić information content (AvgIpc) is 3.76. The molecule has 0 radical (unpaired) electrons. The largest absolute Gasteiger partial charge is 0.465 e. The van der Waals surface area contributed by atoms with Crippen molar-refractivity contribution in [2.24, 2.45) is 0 Å². The van der Waals surface area contributed by atoms with Gasteiger partial charge in [0.1, 0.15) is 16.5 Å². The number of benzene rings is 3. The van der Waals surface area contributed by atoms with Gasteiger partial charge in [-0.1, -0.05) is 47.4 Å². The molecule has 0 fully saturated rings. The molecule has 3 aromatic carbocycles.